The Bertz CT molecular complexity index is 3580. The van der Waals surface area contributed by atoms with Crippen molar-refractivity contribution in [3.8, 4) is 23.0 Å². The molecule has 0 spiro atoms. The molecule has 424 valence electrons. The highest BCUT2D eigenvalue weighted by Gasteiger charge is 2.40. The summed E-state index contributed by atoms with van der Waals surface area (Å²) in [6.45, 7) is 3.39. The smallest absolute Gasteiger partial charge is 0.258 e. The second-order valence-corrected chi connectivity index (χ2v) is 22.1. The van der Waals surface area contributed by atoms with Crippen molar-refractivity contribution in [1.82, 2.24) is 21.3 Å². The molecule has 2 aliphatic heterocycles. The number of fused-ring (bicyclic) bond motifs is 4. The summed E-state index contributed by atoms with van der Waals surface area (Å²) >= 11 is 7.16. The molecule has 83 heavy (non-hydrogen) atoms. The predicted octanol–water partition coefficient (Wildman–Crippen LogP) is 10.1. The van der Waals surface area contributed by atoms with Gasteiger partial charge < -0.3 is 55.1 Å². The molecule has 19 heteroatoms. The summed E-state index contributed by atoms with van der Waals surface area (Å²) in [5.74, 6) is 0.185. The zero-order valence-electron chi connectivity index (χ0n) is 46.5. The van der Waals surface area contributed by atoms with E-state index < -0.39 is 41.9 Å². The molecule has 8 aromatic carbocycles. The third kappa shape index (κ3) is 11.9. The van der Waals surface area contributed by atoms with E-state index in [0.717, 1.165) is 41.6 Å². The molecule has 4 atom stereocenters. The first-order chi connectivity index (χ1) is 40.1. The van der Waals surface area contributed by atoms with Gasteiger partial charge in [-0.15, -0.1) is 0 Å². The summed E-state index contributed by atoms with van der Waals surface area (Å²) in [6.07, 6.45) is 0. The van der Waals surface area contributed by atoms with Gasteiger partial charge in [0.25, 0.3) is 17.7 Å². The van der Waals surface area contributed by atoms with Crippen molar-refractivity contribution in [3.05, 3.63) is 189 Å². The fourth-order valence-corrected chi connectivity index (χ4v) is 11.2. The van der Waals surface area contributed by atoms with Crippen LogP contribution in [0.25, 0.3) is 21.5 Å². The Morgan fingerprint density at radius 1 is 0.554 bits per heavy atom. The van der Waals surface area contributed by atoms with E-state index in [1.165, 1.54) is 4.90 Å². The van der Waals surface area contributed by atoms with E-state index in [9.17, 15) is 29.4 Å². The summed E-state index contributed by atoms with van der Waals surface area (Å²) in [6, 6.07) is 44.3. The first kappa shape index (κ1) is 57.6. The summed E-state index contributed by atoms with van der Waals surface area (Å²) in [5, 5.41) is 25.2. The average Bonchev–Trinajstić information content (AvgIpc) is 3.09. The Balaban J connectivity index is 0.910. The molecule has 0 bridgehead atoms. The van der Waals surface area contributed by atoms with Gasteiger partial charge >= 0.3 is 0 Å². The van der Waals surface area contributed by atoms with E-state index in [1.54, 1.807) is 124 Å². The lowest BCUT2D eigenvalue weighted by Gasteiger charge is -2.28. The van der Waals surface area contributed by atoms with Crippen LogP contribution in [-0.4, -0.2) is 101 Å². The molecular formula is C64H61Br2N9O8. The maximum absolute atomic E-state index is 15.0. The van der Waals surface area contributed by atoms with Gasteiger partial charge in [-0.2, -0.15) is 0 Å². The van der Waals surface area contributed by atoms with E-state index in [4.69, 9.17) is 14.2 Å². The Morgan fingerprint density at radius 3 is 1.40 bits per heavy atom. The number of anilines is 4. The first-order valence-electron chi connectivity index (χ1n) is 26.9. The van der Waals surface area contributed by atoms with Crippen LogP contribution in [0.5, 0.6) is 23.0 Å². The third-order valence-corrected chi connectivity index (χ3v) is 16.2. The number of para-hydroxylation sites is 4. The number of methoxy groups -OCH3 is 2. The van der Waals surface area contributed by atoms with Gasteiger partial charge in [-0.1, -0.05) is 80.4 Å². The molecule has 0 saturated heterocycles. The number of hydrogen-bond donors (Lipinski definition) is 5. The van der Waals surface area contributed by atoms with Crippen molar-refractivity contribution in [2.45, 2.75) is 51.1 Å². The van der Waals surface area contributed by atoms with Crippen LogP contribution in [0, 0.1) is 5.41 Å². The molecule has 0 aliphatic carbocycles. The Labute approximate surface area is 497 Å². The van der Waals surface area contributed by atoms with Crippen LogP contribution in [-0.2, 0) is 32.3 Å². The minimum absolute atomic E-state index is 0.0442. The summed E-state index contributed by atoms with van der Waals surface area (Å²) in [7, 11) is 6.50. The van der Waals surface area contributed by atoms with Crippen molar-refractivity contribution in [3.63, 3.8) is 0 Å². The third-order valence-electron chi connectivity index (χ3n) is 15.2. The number of benzene rings is 8. The number of amidine groups is 1. The fraction of sp³-hybridized carbons (Fsp3) is 0.219. The van der Waals surface area contributed by atoms with Crippen LogP contribution in [0.1, 0.15) is 40.9 Å². The molecule has 8 aromatic rings. The molecule has 5 amide bonds. The van der Waals surface area contributed by atoms with Gasteiger partial charge in [0, 0.05) is 31.2 Å². The minimum atomic E-state index is -1.13. The quantitative estimate of drug-likeness (QED) is 0.0456. The van der Waals surface area contributed by atoms with Crippen LogP contribution < -0.4 is 55.1 Å². The van der Waals surface area contributed by atoms with Gasteiger partial charge in [0.15, 0.2) is 0 Å². The number of rotatable bonds is 16. The number of ether oxygens (including phenoxy) is 3. The van der Waals surface area contributed by atoms with E-state index in [2.05, 4.69) is 53.1 Å². The van der Waals surface area contributed by atoms with Crippen LogP contribution in [0.2, 0.25) is 0 Å². The van der Waals surface area contributed by atoms with E-state index in [-0.39, 0.29) is 43.8 Å². The van der Waals surface area contributed by atoms with Crippen LogP contribution >= 0.6 is 31.9 Å². The highest BCUT2D eigenvalue weighted by atomic mass is 79.9. The molecule has 0 unspecified atom stereocenters. The monoisotopic (exact) mass is 1240 g/mol. The lowest BCUT2D eigenvalue weighted by molar-refractivity contribution is -0.128. The molecule has 2 aliphatic rings. The SMILES string of the molecule is CN[C@@H](C)C(=O)N[C@H]1CN(C(=N)c2ccc(Oc3ccc(C(=O)N4C[C@H](NC(=O)[C@H](C)NC)C(=O)N(Cc5c(OC)ccc6cc(Br)ccc56)c5ccccc54)cc3)cc2)c2ccccc2N(Cc2c(OC)ccc3cc(Br)ccc23)C1=O. The van der Waals surface area contributed by atoms with Crippen molar-refractivity contribution in [2.24, 2.45) is 0 Å². The van der Waals surface area contributed by atoms with Crippen molar-refractivity contribution in [2.75, 3.05) is 61.0 Å². The second-order valence-electron chi connectivity index (χ2n) is 20.2. The van der Waals surface area contributed by atoms with Crippen LogP contribution in [0.3, 0.4) is 0 Å². The number of likely N-dealkylation sites (N-methyl/N-ethyl adjacent to an activating group) is 2. The van der Waals surface area contributed by atoms with Crippen LogP contribution in [0.4, 0.5) is 22.7 Å². The molecule has 17 nitrogen and oxygen atoms in total. The van der Waals surface area contributed by atoms with E-state index in [1.807, 2.05) is 91.0 Å². The number of carbonyl (C=O) groups excluding carboxylic acids is 5. The van der Waals surface area contributed by atoms with Crippen molar-refractivity contribution in [1.29, 1.82) is 5.41 Å². The Kier molecular flexibility index (Phi) is 17.2. The molecule has 2 heterocycles. The van der Waals surface area contributed by atoms with Gasteiger partial charge in [-0.05, 0) is 159 Å². The Morgan fingerprint density at radius 2 is 0.964 bits per heavy atom. The van der Waals surface area contributed by atoms with Gasteiger partial charge in [0.1, 0.15) is 40.9 Å². The maximum atomic E-state index is 15.0. The standard InChI is InChI=1S/C64H61Br2N9O8/c1-37(68-3)60(76)70-51-35-72(53-11-7-8-12-54(53)73(63(51)79)33-49-47-27-21-43(65)31-41(47)19-29-57(49)81-5)59(67)39-15-23-45(24-16-39)83-46-25-17-40(18-26-46)62(78)75-36-52(71-61(77)38(2)69-4)64(80)74(55-13-9-10-14-56(55)75)34-50-48-28-22-44(66)32-42(48)20-30-58(50)82-6/h7-32,37-38,51-52,67-69H,33-36H2,1-6H3,(H,70,76)(H,71,77)/t37-,38-,51-,52-/m0/s1. The maximum Gasteiger partial charge on any atom is 0.258 e. The average molecular weight is 1240 g/mol. The molecular weight excluding hydrogens is 1180 g/mol. The summed E-state index contributed by atoms with van der Waals surface area (Å²) in [5.41, 5.74) is 4.44. The largest absolute Gasteiger partial charge is 0.496 e. The van der Waals surface area contributed by atoms with Gasteiger partial charge in [0.05, 0.1) is 75.2 Å². The normalized spacial score (nSPS) is 15.9. The molecule has 0 aromatic heterocycles. The van der Waals surface area contributed by atoms with E-state index >= 15 is 0 Å². The lowest BCUT2D eigenvalue weighted by Crippen LogP contribution is -2.55. The molecule has 0 fully saturated rings. The molecule has 5 N–H and O–H groups in total. The molecule has 10 rings (SSSR count). The topological polar surface area (TPSA) is 198 Å². The minimum Gasteiger partial charge on any atom is -0.496 e. The number of carbonyl (C=O) groups is 5. The number of hydrogen-bond acceptors (Lipinski definition) is 11. The second kappa shape index (κ2) is 24.8. The highest BCUT2D eigenvalue weighted by molar-refractivity contribution is 9.10. The number of nitrogens with one attached hydrogen (secondary N) is 5. The fourth-order valence-electron chi connectivity index (χ4n) is 10.5. The zero-order valence-corrected chi connectivity index (χ0v) is 49.6. The first-order valence-corrected chi connectivity index (χ1v) is 28.5. The number of halogens is 2. The van der Waals surface area contributed by atoms with Crippen molar-refractivity contribution >= 4 is 112 Å². The summed E-state index contributed by atoms with van der Waals surface area (Å²) < 4.78 is 19.8. The Hall–Kier alpha value is -8.62. The predicted molar refractivity (Wildman–Crippen MR) is 331 cm³/mol. The van der Waals surface area contributed by atoms with Gasteiger partial charge in [-0.3, -0.25) is 29.4 Å². The summed E-state index contributed by atoms with van der Waals surface area (Å²) in [4.78, 5) is 78.4. The highest BCUT2D eigenvalue weighted by Crippen LogP contribution is 2.41. The zero-order chi connectivity index (χ0) is 58.6. The number of nitrogens with zero attached hydrogens (tertiary/aromatic N) is 4. The number of amides is 5. The lowest BCUT2D eigenvalue weighted by atomic mass is 10.0. The molecule has 0 saturated carbocycles. The van der Waals surface area contributed by atoms with E-state index in [0.29, 0.717) is 56.9 Å². The van der Waals surface area contributed by atoms with Gasteiger partial charge in [0.2, 0.25) is 11.8 Å². The van der Waals surface area contributed by atoms with Crippen LogP contribution in [0.15, 0.2) is 167 Å². The van der Waals surface area contributed by atoms with Gasteiger partial charge in [-0.25, -0.2) is 0 Å². The molecule has 0 radical (unpaired) electrons. The van der Waals surface area contributed by atoms with Crippen molar-refractivity contribution < 1.29 is 38.2 Å².